The van der Waals surface area contributed by atoms with Crippen molar-refractivity contribution in [3.63, 3.8) is 0 Å². The predicted molar refractivity (Wildman–Crippen MR) is 64.5 cm³/mol. The summed E-state index contributed by atoms with van der Waals surface area (Å²) in [4.78, 5) is 33.9. The summed E-state index contributed by atoms with van der Waals surface area (Å²) < 4.78 is 9.66. The summed E-state index contributed by atoms with van der Waals surface area (Å²) in [5.74, 6) is -3.07. The molecule has 6 nitrogen and oxygen atoms in total. The lowest BCUT2D eigenvalue weighted by molar-refractivity contribution is -0.164. The molecule has 102 valence electrons. The average molecular weight is 257 g/mol. The third-order valence-corrected chi connectivity index (χ3v) is 1.83. The molecule has 2 N–H and O–H groups in total. The van der Waals surface area contributed by atoms with Gasteiger partial charge in [-0.3, -0.25) is 9.59 Å². The van der Waals surface area contributed by atoms with Crippen LogP contribution in [0.5, 0.6) is 0 Å². The maximum Gasteiger partial charge on any atom is 0.324 e. The van der Waals surface area contributed by atoms with Crippen molar-refractivity contribution in [3.05, 3.63) is 12.7 Å². The van der Waals surface area contributed by atoms with E-state index in [0.717, 1.165) is 0 Å². The van der Waals surface area contributed by atoms with Gasteiger partial charge in [0.25, 0.3) is 0 Å². The highest BCUT2D eigenvalue weighted by molar-refractivity contribution is 5.95. The summed E-state index contributed by atoms with van der Waals surface area (Å²) in [6.45, 7) is 8.28. The Morgan fingerprint density at radius 3 is 2.28 bits per heavy atom. The minimum Gasteiger partial charge on any atom is -0.461 e. The van der Waals surface area contributed by atoms with E-state index in [4.69, 9.17) is 10.5 Å². The highest BCUT2D eigenvalue weighted by Crippen LogP contribution is 2.11. The molecule has 2 unspecified atom stereocenters. The van der Waals surface area contributed by atoms with E-state index in [9.17, 15) is 14.4 Å². The minimum absolute atomic E-state index is 0.0514. The minimum atomic E-state index is -1.38. The number of hydrogen-bond donors (Lipinski definition) is 1. The van der Waals surface area contributed by atoms with Crippen LogP contribution in [0.3, 0.4) is 0 Å². The zero-order valence-corrected chi connectivity index (χ0v) is 10.8. The van der Waals surface area contributed by atoms with Gasteiger partial charge in [0, 0.05) is 0 Å². The monoisotopic (exact) mass is 257 g/mol. The molecule has 0 aliphatic rings. The van der Waals surface area contributed by atoms with Crippen LogP contribution in [0, 0.1) is 5.92 Å². The van der Waals surface area contributed by atoms with E-state index in [1.54, 1.807) is 20.8 Å². The van der Waals surface area contributed by atoms with Crippen molar-refractivity contribution in [1.29, 1.82) is 0 Å². The zero-order chi connectivity index (χ0) is 14.3. The molecule has 2 atom stereocenters. The smallest absolute Gasteiger partial charge is 0.324 e. The molecule has 0 spiro atoms. The van der Waals surface area contributed by atoms with Gasteiger partial charge in [-0.05, 0) is 20.8 Å². The number of nitrogens with two attached hydrogens (primary N) is 1. The maximum atomic E-state index is 11.6. The number of hydrogen-bond acceptors (Lipinski definition) is 6. The molecule has 0 aromatic heterocycles. The van der Waals surface area contributed by atoms with Crippen molar-refractivity contribution < 1.29 is 23.9 Å². The molecule has 0 radical (unpaired) electrons. The van der Waals surface area contributed by atoms with Gasteiger partial charge in [0.2, 0.25) is 0 Å². The SMILES string of the molecule is C=CCOC(=O)C(C=O)C(N)C(=O)OC(C)(C)C. The number of rotatable bonds is 6. The van der Waals surface area contributed by atoms with Crippen LogP contribution in [-0.4, -0.2) is 36.5 Å². The van der Waals surface area contributed by atoms with Crippen LogP contribution in [0.4, 0.5) is 0 Å². The van der Waals surface area contributed by atoms with E-state index >= 15 is 0 Å². The van der Waals surface area contributed by atoms with Crippen molar-refractivity contribution in [1.82, 2.24) is 0 Å². The molecule has 0 saturated carbocycles. The lowest BCUT2D eigenvalue weighted by Gasteiger charge is -2.23. The summed E-state index contributed by atoms with van der Waals surface area (Å²) in [6.07, 6.45) is 1.62. The predicted octanol–water partition coefficient (Wildman–Crippen LogP) is 0.200. The van der Waals surface area contributed by atoms with Crippen molar-refractivity contribution in [2.75, 3.05) is 6.61 Å². The molecule has 18 heavy (non-hydrogen) atoms. The standard InChI is InChI=1S/C12H19NO5/c1-5-6-17-10(15)8(7-14)9(13)11(16)18-12(2,3)4/h5,7-9H,1,6,13H2,2-4H3. The molecule has 6 heteroatoms. The number of carbonyl (C=O) groups is 3. The molecule has 0 aliphatic heterocycles. The van der Waals surface area contributed by atoms with Crippen molar-refractivity contribution in [2.24, 2.45) is 11.7 Å². The Kier molecular flexibility index (Phi) is 6.26. The Labute approximate surface area is 106 Å². The number of esters is 2. The average Bonchev–Trinajstić information content (AvgIpc) is 2.24. The van der Waals surface area contributed by atoms with Crippen molar-refractivity contribution in [3.8, 4) is 0 Å². The van der Waals surface area contributed by atoms with E-state index in [2.05, 4.69) is 11.3 Å². The van der Waals surface area contributed by atoms with E-state index < -0.39 is 29.5 Å². The molecule has 0 aliphatic carbocycles. The van der Waals surface area contributed by atoms with Gasteiger partial charge in [0.1, 0.15) is 30.5 Å². The van der Waals surface area contributed by atoms with Gasteiger partial charge in [-0.1, -0.05) is 12.7 Å². The van der Waals surface area contributed by atoms with Crippen molar-refractivity contribution >= 4 is 18.2 Å². The Balaban J connectivity index is 4.65. The van der Waals surface area contributed by atoms with E-state index in [-0.39, 0.29) is 12.9 Å². The molecule has 0 heterocycles. The molecule has 0 fully saturated rings. The van der Waals surface area contributed by atoms with Crippen molar-refractivity contribution in [2.45, 2.75) is 32.4 Å². The van der Waals surface area contributed by atoms with Gasteiger partial charge < -0.3 is 20.0 Å². The summed E-state index contributed by atoms with van der Waals surface area (Å²) in [5.41, 5.74) is 4.78. The first kappa shape index (κ1) is 16.3. The highest BCUT2D eigenvalue weighted by atomic mass is 16.6. The zero-order valence-electron chi connectivity index (χ0n) is 10.8. The molecular formula is C12H19NO5. The first-order chi connectivity index (χ1) is 8.22. The van der Waals surface area contributed by atoms with Gasteiger partial charge >= 0.3 is 11.9 Å². The quantitative estimate of drug-likeness (QED) is 0.316. The van der Waals surface area contributed by atoms with Gasteiger partial charge in [0.05, 0.1) is 0 Å². The van der Waals surface area contributed by atoms with Crippen LogP contribution in [0.25, 0.3) is 0 Å². The fraction of sp³-hybridized carbons (Fsp3) is 0.583. The molecule has 0 saturated heterocycles. The maximum absolute atomic E-state index is 11.6. The van der Waals surface area contributed by atoms with Crippen LogP contribution >= 0.6 is 0 Å². The third kappa shape index (κ3) is 5.58. The Bertz CT molecular complexity index is 332. The van der Waals surface area contributed by atoms with Gasteiger partial charge in [0.15, 0.2) is 0 Å². The summed E-state index contributed by atoms with van der Waals surface area (Å²) in [6, 6.07) is -1.38. The number of aldehydes is 1. The first-order valence-electron chi connectivity index (χ1n) is 5.44. The molecule has 0 aromatic rings. The Morgan fingerprint density at radius 1 is 1.33 bits per heavy atom. The van der Waals surface area contributed by atoms with Crippen LogP contribution in [0.1, 0.15) is 20.8 Å². The van der Waals surface area contributed by atoms with E-state index in [0.29, 0.717) is 0 Å². The molecule has 0 amide bonds. The molecule has 0 aromatic carbocycles. The summed E-state index contributed by atoms with van der Waals surface area (Å²) >= 11 is 0. The Morgan fingerprint density at radius 2 is 1.89 bits per heavy atom. The molecular weight excluding hydrogens is 238 g/mol. The van der Waals surface area contributed by atoms with Crippen LogP contribution < -0.4 is 5.73 Å². The number of carbonyl (C=O) groups excluding carboxylic acids is 3. The lowest BCUT2D eigenvalue weighted by Crippen LogP contribution is -2.46. The van der Waals surface area contributed by atoms with E-state index in [1.165, 1.54) is 6.08 Å². The topological polar surface area (TPSA) is 95.7 Å². The fourth-order valence-corrected chi connectivity index (χ4v) is 1.04. The van der Waals surface area contributed by atoms with Crippen LogP contribution in [0.2, 0.25) is 0 Å². The van der Waals surface area contributed by atoms with Gasteiger partial charge in [-0.15, -0.1) is 0 Å². The fourth-order valence-electron chi connectivity index (χ4n) is 1.04. The normalized spacial score (nSPS) is 14.2. The third-order valence-electron chi connectivity index (χ3n) is 1.83. The summed E-state index contributed by atoms with van der Waals surface area (Å²) in [7, 11) is 0. The van der Waals surface area contributed by atoms with Gasteiger partial charge in [-0.2, -0.15) is 0 Å². The second-order valence-corrected chi connectivity index (χ2v) is 4.64. The molecule has 0 bridgehead atoms. The Hall–Kier alpha value is -1.69. The molecule has 0 rings (SSSR count). The highest BCUT2D eigenvalue weighted by Gasteiger charge is 2.34. The lowest BCUT2D eigenvalue weighted by atomic mass is 10.0. The summed E-state index contributed by atoms with van der Waals surface area (Å²) in [5, 5.41) is 0. The second kappa shape index (κ2) is 6.90. The second-order valence-electron chi connectivity index (χ2n) is 4.64. The largest absolute Gasteiger partial charge is 0.461 e. The van der Waals surface area contributed by atoms with Gasteiger partial charge in [-0.25, -0.2) is 0 Å². The number of ether oxygens (including phenoxy) is 2. The van der Waals surface area contributed by atoms with Crippen LogP contribution in [0.15, 0.2) is 12.7 Å². The van der Waals surface area contributed by atoms with Crippen LogP contribution in [-0.2, 0) is 23.9 Å². The first-order valence-corrected chi connectivity index (χ1v) is 5.44. The van der Waals surface area contributed by atoms with E-state index in [1.807, 2.05) is 0 Å².